The summed E-state index contributed by atoms with van der Waals surface area (Å²) in [4.78, 5) is 27.1. The second-order valence-electron chi connectivity index (χ2n) is 4.70. The highest BCUT2D eigenvalue weighted by atomic mass is 35.5. The van der Waals surface area contributed by atoms with E-state index in [1.54, 1.807) is 23.1 Å². The molecule has 1 heterocycles. The molecule has 1 aromatic carbocycles. The minimum absolute atomic E-state index is 0.0205. The van der Waals surface area contributed by atoms with Gasteiger partial charge in [0.15, 0.2) is 0 Å². The number of hydrogen-bond donors (Lipinski definition) is 0. The van der Waals surface area contributed by atoms with Gasteiger partial charge in [0.2, 0.25) is 11.8 Å². The van der Waals surface area contributed by atoms with E-state index >= 15 is 0 Å². The first-order valence-corrected chi connectivity index (χ1v) is 7.33. The highest BCUT2D eigenvalue weighted by Gasteiger charge is 2.22. The van der Waals surface area contributed by atoms with Crippen molar-refractivity contribution in [1.82, 2.24) is 4.90 Å². The summed E-state index contributed by atoms with van der Waals surface area (Å²) in [5.41, 5.74) is 0.554. The first-order chi connectivity index (χ1) is 9.99. The molecule has 0 N–H and O–H groups in total. The normalized spacial score (nSPS) is 14.9. The van der Waals surface area contributed by atoms with Gasteiger partial charge in [-0.2, -0.15) is 0 Å². The van der Waals surface area contributed by atoms with Gasteiger partial charge in [-0.1, -0.05) is 23.2 Å². The predicted molar refractivity (Wildman–Crippen MR) is 81.9 cm³/mol. The van der Waals surface area contributed by atoms with Gasteiger partial charge in [0, 0.05) is 25.7 Å². The predicted octanol–water partition coefficient (Wildman–Crippen LogP) is 2.21. The third-order valence-corrected chi connectivity index (χ3v) is 3.99. The minimum atomic E-state index is -0.227. The molecule has 2 rings (SSSR count). The second-order valence-corrected chi connectivity index (χ2v) is 5.51. The molecule has 5 nitrogen and oxygen atoms in total. The van der Waals surface area contributed by atoms with Crippen molar-refractivity contribution >= 4 is 40.7 Å². The second kappa shape index (κ2) is 7.11. The number of hydrogen-bond acceptors (Lipinski definition) is 3. The molecule has 0 unspecified atom stereocenters. The topological polar surface area (TPSA) is 49.9 Å². The lowest BCUT2D eigenvalue weighted by atomic mass is 10.2. The van der Waals surface area contributed by atoms with E-state index in [-0.39, 0.29) is 18.4 Å². The van der Waals surface area contributed by atoms with Crippen LogP contribution in [0.2, 0.25) is 10.0 Å². The van der Waals surface area contributed by atoms with E-state index in [1.807, 2.05) is 0 Å². The third kappa shape index (κ3) is 4.09. The highest BCUT2D eigenvalue weighted by Crippen LogP contribution is 2.27. The van der Waals surface area contributed by atoms with Gasteiger partial charge in [-0.25, -0.2) is 0 Å². The van der Waals surface area contributed by atoms with Gasteiger partial charge in [0.1, 0.15) is 6.54 Å². The number of amides is 2. The standard InChI is InChI=1S/C14H16Cl2N2O3/c1-10(19)18(11-2-3-12(15)13(16)8-11)9-14(20)17-4-6-21-7-5-17/h2-3,8H,4-7,9H2,1H3. The molecule has 0 radical (unpaired) electrons. The van der Waals surface area contributed by atoms with Gasteiger partial charge in [-0.15, -0.1) is 0 Å². The molecule has 1 aromatic rings. The summed E-state index contributed by atoms with van der Waals surface area (Å²) >= 11 is 11.8. The Bertz CT molecular complexity index is 545. The molecule has 0 aliphatic carbocycles. The fraction of sp³-hybridized carbons (Fsp3) is 0.429. The van der Waals surface area contributed by atoms with Gasteiger partial charge >= 0.3 is 0 Å². The summed E-state index contributed by atoms with van der Waals surface area (Å²) in [5.74, 6) is -0.338. The van der Waals surface area contributed by atoms with Crippen molar-refractivity contribution in [2.24, 2.45) is 0 Å². The smallest absolute Gasteiger partial charge is 0.242 e. The van der Waals surface area contributed by atoms with Crippen LogP contribution < -0.4 is 4.90 Å². The highest BCUT2D eigenvalue weighted by molar-refractivity contribution is 6.42. The lowest BCUT2D eigenvalue weighted by molar-refractivity contribution is -0.134. The van der Waals surface area contributed by atoms with Crippen LogP contribution in [0.4, 0.5) is 5.69 Å². The number of rotatable bonds is 3. The number of benzene rings is 1. The maximum absolute atomic E-state index is 12.3. The van der Waals surface area contributed by atoms with Crippen LogP contribution in [0.3, 0.4) is 0 Å². The van der Waals surface area contributed by atoms with E-state index < -0.39 is 0 Å². The van der Waals surface area contributed by atoms with Crippen LogP contribution in [0.15, 0.2) is 18.2 Å². The summed E-state index contributed by atoms with van der Waals surface area (Å²) in [5, 5.41) is 0.752. The number of morpholine rings is 1. The summed E-state index contributed by atoms with van der Waals surface area (Å²) < 4.78 is 5.21. The maximum Gasteiger partial charge on any atom is 0.242 e. The van der Waals surface area contributed by atoms with Crippen molar-refractivity contribution in [3.63, 3.8) is 0 Å². The molecule has 7 heteroatoms. The zero-order valence-corrected chi connectivity index (χ0v) is 13.2. The average molecular weight is 331 g/mol. The number of nitrogens with zero attached hydrogens (tertiary/aromatic N) is 2. The summed E-state index contributed by atoms with van der Waals surface area (Å²) in [7, 11) is 0. The van der Waals surface area contributed by atoms with Gasteiger partial charge in [-0.05, 0) is 18.2 Å². The molecule has 21 heavy (non-hydrogen) atoms. The van der Waals surface area contributed by atoms with Crippen LogP contribution >= 0.6 is 23.2 Å². The summed E-state index contributed by atoms with van der Waals surface area (Å²) in [6.07, 6.45) is 0. The van der Waals surface area contributed by atoms with Crippen LogP contribution in [0, 0.1) is 0 Å². The molecule has 0 spiro atoms. The van der Waals surface area contributed by atoms with Crippen LogP contribution in [0.5, 0.6) is 0 Å². The maximum atomic E-state index is 12.3. The van der Waals surface area contributed by atoms with Crippen molar-refractivity contribution in [2.75, 3.05) is 37.7 Å². The first kappa shape index (κ1) is 16.1. The minimum Gasteiger partial charge on any atom is -0.378 e. The zero-order chi connectivity index (χ0) is 15.4. The Hall–Kier alpha value is -1.30. The number of anilines is 1. The molecule has 1 fully saturated rings. The van der Waals surface area contributed by atoms with E-state index in [0.29, 0.717) is 42.0 Å². The number of ether oxygens (including phenoxy) is 1. The molecule has 0 aromatic heterocycles. The molecule has 1 aliphatic rings. The fourth-order valence-electron chi connectivity index (χ4n) is 2.09. The van der Waals surface area contributed by atoms with Crippen molar-refractivity contribution in [1.29, 1.82) is 0 Å². The van der Waals surface area contributed by atoms with Crippen LogP contribution in [0.1, 0.15) is 6.92 Å². The Morgan fingerprint density at radius 2 is 1.90 bits per heavy atom. The number of carbonyl (C=O) groups excluding carboxylic acids is 2. The lowest BCUT2D eigenvalue weighted by Crippen LogP contribution is -2.46. The summed E-state index contributed by atoms with van der Waals surface area (Å²) in [6, 6.07) is 4.86. The Morgan fingerprint density at radius 1 is 1.24 bits per heavy atom. The SMILES string of the molecule is CC(=O)N(CC(=O)N1CCOCC1)c1ccc(Cl)c(Cl)c1. The molecule has 0 bridgehead atoms. The fourth-order valence-corrected chi connectivity index (χ4v) is 2.38. The van der Waals surface area contributed by atoms with E-state index in [0.717, 1.165) is 0 Å². The number of carbonyl (C=O) groups is 2. The largest absolute Gasteiger partial charge is 0.378 e. The quantitative estimate of drug-likeness (QED) is 0.853. The van der Waals surface area contributed by atoms with Gasteiger partial charge in [0.25, 0.3) is 0 Å². The van der Waals surface area contributed by atoms with Gasteiger partial charge in [0.05, 0.1) is 23.3 Å². The van der Waals surface area contributed by atoms with E-state index in [2.05, 4.69) is 0 Å². The molecular weight excluding hydrogens is 315 g/mol. The van der Waals surface area contributed by atoms with E-state index in [1.165, 1.54) is 11.8 Å². The molecule has 1 aliphatic heterocycles. The molecule has 0 saturated carbocycles. The summed E-state index contributed by atoms with van der Waals surface area (Å²) in [6.45, 7) is 3.54. The van der Waals surface area contributed by atoms with Crippen molar-refractivity contribution < 1.29 is 14.3 Å². The van der Waals surface area contributed by atoms with Gasteiger partial charge < -0.3 is 14.5 Å². The Balaban J connectivity index is 2.13. The van der Waals surface area contributed by atoms with Crippen molar-refractivity contribution in [3.05, 3.63) is 28.2 Å². The zero-order valence-electron chi connectivity index (χ0n) is 11.6. The first-order valence-electron chi connectivity index (χ1n) is 6.57. The Morgan fingerprint density at radius 3 is 2.48 bits per heavy atom. The van der Waals surface area contributed by atoms with E-state index in [9.17, 15) is 9.59 Å². The lowest BCUT2D eigenvalue weighted by Gasteiger charge is -2.29. The molecule has 114 valence electrons. The average Bonchev–Trinajstić information content (AvgIpc) is 2.48. The van der Waals surface area contributed by atoms with Crippen LogP contribution in [0.25, 0.3) is 0 Å². The third-order valence-electron chi connectivity index (χ3n) is 3.25. The molecule has 1 saturated heterocycles. The van der Waals surface area contributed by atoms with E-state index in [4.69, 9.17) is 27.9 Å². The van der Waals surface area contributed by atoms with Gasteiger partial charge in [-0.3, -0.25) is 9.59 Å². The van der Waals surface area contributed by atoms with Crippen LogP contribution in [-0.4, -0.2) is 49.6 Å². The van der Waals surface area contributed by atoms with Crippen molar-refractivity contribution in [3.8, 4) is 0 Å². The molecule has 0 atom stereocenters. The van der Waals surface area contributed by atoms with Crippen LogP contribution in [-0.2, 0) is 14.3 Å². The molecule has 2 amide bonds. The monoisotopic (exact) mass is 330 g/mol. The number of halogens is 2. The van der Waals surface area contributed by atoms with Crippen molar-refractivity contribution in [2.45, 2.75) is 6.92 Å². The molecular formula is C14H16Cl2N2O3. The Labute approximate surface area is 133 Å². The Kier molecular flexibility index (Phi) is 5.45.